The van der Waals surface area contributed by atoms with Crippen molar-refractivity contribution in [2.75, 3.05) is 0 Å². The molecule has 5 heteroatoms. The van der Waals surface area contributed by atoms with Crippen LogP contribution >= 0.6 is 0 Å². The molecule has 21 heavy (non-hydrogen) atoms. The number of hydrogen-bond acceptors (Lipinski definition) is 4. The molecule has 1 aliphatic heterocycles. The summed E-state index contributed by atoms with van der Waals surface area (Å²) in [6.07, 6.45) is 0.578. The minimum Gasteiger partial charge on any atom is -0.606 e. The summed E-state index contributed by atoms with van der Waals surface area (Å²) in [6, 6.07) is 9.56. The van der Waals surface area contributed by atoms with Gasteiger partial charge in [-0.25, -0.2) is 0 Å². The van der Waals surface area contributed by atoms with E-state index in [9.17, 15) is 19.6 Å². The average Bonchev–Trinajstić information content (AvgIpc) is 2.57. The number of ketones is 1. The predicted octanol–water partition coefficient (Wildman–Crippen LogP) is 2.95. The second kappa shape index (κ2) is 5.09. The van der Waals surface area contributed by atoms with Crippen LogP contribution in [-0.4, -0.2) is 20.5 Å². The minimum atomic E-state index is -1.56. The van der Waals surface area contributed by atoms with Gasteiger partial charge >= 0.3 is 0 Å². The van der Waals surface area contributed by atoms with Crippen LogP contribution in [0.2, 0.25) is 0 Å². The normalized spacial score (nSPS) is 20.6. The molecule has 1 heterocycles. The van der Waals surface area contributed by atoms with Gasteiger partial charge in [0.15, 0.2) is 27.1 Å². The van der Waals surface area contributed by atoms with Crippen molar-refractivity contribution < 1.29 is 19.6 Å². The molecule has 2 aromatic rings. The van der Waals surface area contributed by atoms with E-state index in [2.05, 4.69) is 0 Å². The van der Waals surface area contributed by atoms with Crippen molar-refractivity contribution in [2.24, 2.45) is 0 Å². The molecule has 108 valence electrons. The maximum atomic E-state index is 12.8. The number of phenolic OH excluding ortho intramolecular Hbond substituents is 2. The van der Waals surface area contributed by atoms with Crippen LogP contribution in [0.3, 0.4) is 0 Å². The number of carbonyl (C=O) groups is 1. The third-order valence-corrected chi connectivity index (χ3v) is 5.27. The van der Waals surface area contributed by atoms with Crippen molar-refractivity contribution in [3.8, 4) is 11.5 Å². The van der Waals surface area contributed by atoms with Gasteiger partial charge in [-0.2, -0.15) is 0 Å². The number of phenols is 2. The van der Waals surface area contributed by atoms with E-state index < -0.39 is 17.1 Å². The molecule has 0 bridgehead atoms. The number of fused-ring (bicyclic) bond motifs is 2. The predicted molar refractivity (Wildman–Crippen MR) is 78.3 cm³/mol. The first-order chi connectivity index (χ1) is 10.0. The van der Waals surface area contributed by atoms with E-state index in [1.807, 2.05) is 19.1 Å². The number of benzene rings is 2. The Kier molecular flexibility index (Phi) is 3.39. The van der Waals surface area contributed by atoms with Crippen molar-refractivity contribution in [3.05, 3.63) is 47.5 Å². The lowest BCUT2D eigenvalue weighted by Crippen LogP contribution is -2.12. The summed E-state index contributed by atoms with van der Waals surface area (Å²) in [4.78, 5) is 13.5. The van der Waals surface area contributed by atoms with Gasteiger partial charge in [-0.05, 0) is 18.6 Å². The van der Waals surface area contributed by atoms with Crippen molar-refractivity contribution in [1.29, 1.82) is 0 Å². The zero-order chi connectivity index (χ0) is 15.1. The Hall–Kier alpha value is -1.98. The van der Waals surface area contributed by atoms with Crippen LogP contribution in [-0.2, 0) is 11.2 Å². The summed E-state index contributed by atoms with van der Waals surface area (Å²) in [5.41, 5.74) is 0.963. The molecule has 0 amide bonds. The van der Waals surface area contributed by atoms with Gasteiger partial charge in [-0.3, -0.25) is 4.79 Å². The summed E-state index contributed by atoms with van der Waals surface area (Å²) in [7, 11) is 0. The van der Waals surface area contributed by atoms with Gasteiger partial charge in [-0.1, -0.05) is 25.1 Å². The molecule has 0 saturated heterocycles. The fraction of sp³-hybridized carbons (Fsp3) is 0.188. The van der Waals surface area contributed by atoms with Crippen LogP contribution in [0, 0.1) is 0 Å². The van der Waals surface area contributed by atoms with E-state index in [0.717, 1.165) is 5.56 Å². The molecule has 2 unspecified atom stereocenters. The number of hydrogen-bond donors (Lipinski definition) is 2. The molecule has 0 fully saturated rings. The topological polar surface area (TPSA) is 80.6 Å². The van der Waals surface area contributed by atoms with Crippen LogP contribution in [0.15, 0.2) is 46.2 Å². The molecule has 2 aromatic carbocycles. The van der Waals surface area contributed by atoms with E-state index in [1.54, 1.807) is 12.1 Å². The first-order valence-electron chi connectivity index (χ1n) is 6.65. The molecule has 3 rings (SSSR count). The van der Waals surface area contributed by atoms with Crippen LogP contribution < -0.4 is 0 Å². The third kappa shape index (κ3) is 2.09. The smallest absolute Gasteiger partial charge is 0.175 e. The number of aromatic hydroxyl groups is 2. The van der Waals surface area contributed by atoms with Gasteiger partial charge in [0.05, 0.1) is 11.5 Å². The van der Waals surface area contributed by atoms with Crippen molar-refractivity contribution in [1.82, 2.24) is 0 Å². The highest BCUT2D eigenvalue weighted by molar-refractivity contribution is 7.91. The van der Waals surface area contributed by atoms with Gasteiger partial charge in [0.25, 0.3) is 0 Å². The number of Topliss-reactive ketones (excluding diaryl/α,β-unsaturated/α-hetero) is 1. The Morgan fingerprint density at radius 2 is 1.81 bits per heavy atom. The van der Waals surface area contributed by atoms with Crippen molar-refractivity contribution in [2.45, 2.75) is 29.1 Å². The molecule has 2 atom stereocenters. The standard InChI is InChI=1S/C16H14O4S/c1-2-9-10-5-3-4-6-14(10)21(20)15-8-13(18)12(17)7-11(15)16(9)19/h3-9,17-18H,2H2,1H3. The second-order valence-electron chi connectivity index (χ2n) is 4.97. The lowest BCUT2D eigenvalue weighted by Gasteiger charge is -2.13. The van der Waals surface area contributed by atoms with E-state index in [4.69, 9.17) is 0 Å². The first-order valence-corrected chi connectivity index (χ1v) is 7.80. The Labute approximate surface area is 125 Å². The van der Waals surface area contributed by atoms with E-state index in [1.165, 1.54) is 12.1 Å². The van der Waals surface area contributed by atoms with E-state index in [0.29, 0.717) is 11.3 Å². The average molecular weight is 302 g/mol. The molecular weight excluding hydrogens is 288 g/mol. The molecule has 1 aliphatic rings. The van der Waals surface area contributed by atoms with Crippen molar-refractivity contribution in [3.63, 3.8) is 0 Å². The summed E-state index contributed by atoms with van der Waals surface area (Å²) in [6.45, 7) is 1.90. The highest BCUT2D eigenvalue weighted by Crippen LogP contribution is 2.42. The minimum absolute atomic E-state index is 0.180. The Balaban J connectivity index is 2.32. The molecule has 0 radical (unpaired) electrons. The SMILES string of the molecule is CCC1C(=O)c2cc(O)c(O)cc2[S+]([O-])c2ccccc21. The number of rotatable bonds is 1. The zero-order valence-corrected chi connectivity index (χ0v) is 12.2. The maximum absolute atomic E-state index is 12.8. The largest absolute Gasteiger partial charge is 0.606 e. The third-order valence-electron chi connectivity index (χ3n) is 3.76. The van der Waals surface area contributed by atoms with Crippen LogP contribution in [0.1, 0.15) is 35.2 Å². The monoisotopic (exact) mass is 302 g/mol. The van der Waals surface area contributed by atoms with Gasteiger partial charge in [-0.15, -0.1) is 0 Å². The summed E-state index contributed by atoms with van der Waals surface area (Å²) in [5, 5.41) is 19.3. The number of carbonyl (C=O) groups excluding carboxylic acids is 1. The Morgan fingerprint density at radius 1 is 1.14 bits per heavy atom. The van der Waals surface area contributed by atoms with Gasteiger partial charge in [0.2, 0.25) is 0 Å². The molecule has 0 aliphatic carbocycles. The highest BCUT2D eigenvalue weighted by atomic mass is 32.2. The van der Waals surface area contributed by atoms with E-state index in [-0.39, 0.29) is 27.7 Å². The quantitative estimate of drug-likeness (QED) is 0.627. The van der Waals surface area contributed by atoms with Crippen molar-refractivity contribution >= 4 is 17.0 Å². The Morgan fingerprint density at radius 3 is 2.52 bits per heavy atom. The molecule has 0 saturated carbocycles. The fourth-order valence-electron chi connectivity index (χ4n) is 2.69. The van der Waals surface area contributed by atoms with Gasteiger partial charge in [0, 0.05) is 22.8 Å². The summed E-state index contributed by atoms with van der Waals surface area (Å²) >= 11 is -1.56. The van der Waals surface area contributed by atoms with Gasteiger partial charge < -0.3 is 14.8 Å². The van der Waals surface area contributed by atoms with Crippen LogP contribution in [0.4, 0.5) is 0 Å². The lowest BCUT2D eigenvalue weighted by molar-refractivity contribution is 0.0953. The molecule has 0 aromatic heterocycles. The van der Waals surface area contributed by atoms with Gasteiger partial charge in [0.1, 0.15) is 0 Å². The maximum Gasteiger partial charge on any atom is 0.175 e. The molecule has 2 N–H and O–H groups in total. The molecular formula is C16H14O4S. The molecule has 0 spiro atoms. The second-order valence-corrected chi connectivity index (χ2v) is 6.39. The van der Waals surface area contributed by atoms with Crippen LogP contribution in [0.25, 0.3) is 0 Å². The van der Waals surface area contributed by atoms with E-state index >= 15 is 0 Å². The zero-order valence-electron chi connectivity index (χ0n) is 11.4. The Bertz CT molecular complexity index is 726. The summed E-state index contributed by atoms with van der Waals surface area (Å²) < 4.78 is 12.8. The van der Waals surface area contributed by atoms with Crippen LogP contribution in [0.5, 0.6) is 11.5 Å². The fourth-order valence-corrected chi connectivity index (χ4v) is 4.13. The molecule has 4 nitrogen and oxygen atoms in total. The highest BCUT2D eigenvalue weighted by Gasteiger charge is 2.37. The lowest BCUT2D eigenvalue weighted by atomic mass is 9.88. The summed E-state index contributed by atoms with van der Waals surface area (Å²) in [5.74, 6) is -1.32. The first kappa shape index (κ1) is 14.0.